The average Bonchev–Trinajstić information content (AvgIpc) is 3.18. The van der Waals surface area contributed by atoms with Crippen molar-refractivity contribution in [2.45, 2.75) is 122 Å². The molecule has 0 aromatic carbocycles. The van der Waals surface area contributed by atoms with E-state index in [9.17, 15) is 24.2 Å². The summed E-state index contributed by atoms with van der Waals surface area (Å²) in [6.45, 7) is 3.92. The fourth-order valence-electron chi connectivity index (χ4n) is 4.75. The number of carbonyl (C=O) groups excluding carboxylic acids is 2. The van der Waals surface area contributed by atoms with Crippen molar-refractivity contribution in [1.29, 1.82) is 0 Å². The summed E-state index contributed by atoms with van der Waals surface area (Å²) in [5.41, 5.74) is 0. The summed E-state index contributed by atoms with van der Waals surface area (Å²) < 4.78 is 34.1. The van der Waals surface area contributed by atoms with Crippen LogP contribution in [0.3, 0.4) is 0 Å². The van der Waals surface area contributed by atoms with Crippen LogP contribution in [0.15, 0.2) is 122 Å². The van der Waals surface area contributed by atoms with Gasteiger partial charge in [-0.2, -0.15) is 0 Å². The molecule has 59 heavy (non-hydrogen) atoms. The summed E-state index contributed by atoms with van der Waals surface area (Å²) in [5, 5.41) is 10.0. The Bertz CT molecular complexity index is 1430. The second-order valence-electron chi connectivity index (χ2n) is 14.8. The van der Waals surface area contributed by atoms with E-state index >= 15 is 0 Å². The Morgan fingerprint density at radius 3 is 1.61 bits per heavy atom. The number of phosphoric ester groups is 1. The summed E-state index contributed by atoms with van der Waals surface area (Å²) in [6, 6.07) is 0. The highest BCUT2D eigenvalue weighted by Crippen LogP contribution is 2.43. The molecule has 0 heterocycles. The molecule has 10 nitrogen and oxygen atoms in total. The number of rotatable bonds is 36. The number of likely N-dealkylation sites (N-methyl/N-ethyl adjacent to an activating group) is 1. The third kappa shape index (κ3) is 42.3. The Hall–Kier alpha value is -3.63. The van der Waals surface area contributed by atoms with Crippen molar-refractivity contribution in [3.05, 3.63) is 122 Å². The molecule has 0 aromatic rings. The van der Waals surface area contributed by atoms with Crippen LogP contribution in [0.2, 0.25) is 0 Å². The zero-order valence-electron chi connectivity index (χ0n) is 36.8. The predicted molar refractivity (Wildman–Crippen MR) is 243 cm³/mol. The molecule has 0 aliphatic carbocycles. The van der Waals surface area contributed by atoms with Gasteiger partial charge >= 0.3 is 19.8 Å². The van der Waals surface area contributed by atoms with Gasteiger partial charge in [-0.1, -0.05) is 135 Å². The van der Waals surface area contributed by atoms with Crippen molar-refractivity contribution >= 4 is 19.8 Å². The van der Waals surface area contributed by atoms with Gasteiger partial charge < -0.3 is 24.0 Å². The molecule has 2 N–H and O–H groups in total. The number of unbranched alkanes of at least 4 members (excludes halogenated alkanes) is 2. The highest BCUT2D eigenvalue weighted by Gasteiger charge is 2.27. The molecular formula is C48H77NO9P+. The molecule has 0 saturated heterocycles. The van der Waals surface area contributed by atoms with Crippen LogP contribution in [0.1, 0.15) is 110 Å². The monoisotopic (exact) mass is 843 g/mol. The van der Waals surface area contributed by atoms with E-state index in [2.05, 4.69) is 80.7 Å². The molecule has 2 unspecified atom stereocenters. The molecule has 0 spiro atoms. The van der Waals surface area contributed by atoms with E-state index in [4.69, 9.17) is 18.5 Å². The topological polar surface area (TPSA) is 129 Å². The number of esters is 2. The van der Waals surface area contributed by atoms with Gasteiger partial charge in [0.05, 0.1) is 33.9 Å². The van der Waals surface area contributed by atoms with Gasteiger partial charge in [0, 0.05) is 12.8 Å². The standard InChI is InChI=1S/C48H76NO9P/c1-6-8-10-12-14-15-16-17-18-19-20-21-22-23-27-31-35-39-47(51)55-43-46(44-57-59(53,54)56-42-41-49(3,4)5)58-48(52)40-36-32-28-25-24-26-30-34-38-45(50)37-33-29-13-11-9-7-2/h8-11,14-15,17-18,20-21,23,25-30,33-34,38,45-46,50H,6-7,12-13,16,19,22,24,31-32,35-37,39-44H2,1-5H3/p+1/b10-8-,11-9-,15-14-,18-17-,21-20-,27-23-,28-25-,30-26-,33-29-,38-34+/t45?,46-/m1/s1. The van der Waals surface area contributed by atoms with E-state index < -0.39 is 38.6 Å². The number of aliphatic hydroxyl groups is 1. The van der Waals surface area contributed by atoms with Crippen LogP contribution in [-0.2, 0) is 32.7 Å². The fraction of sp³-hybridized carbons (Fsp3) is 0.542. The summed E-state index contributed by atoms with van der Waals surface area (Å²) in [7, 11) is 1.35. The zero-order chi connectivity index (χ0) is 43.7. The van der Waals surface area contributed by atoms with Crippen LogP contribution < -0.4 is 0 Å². The first-order chi connectivity index (χ1) is 28.4. The molecule has 0 fully saturated rings. The van der Waals surface area contributed by atoms with Gasteiger partial charge in [-0.15, -0.1) is 0 Å². The Kier molecular flexibility index (Phi) is 36.2. The molecule has 332 valence electrons. The first-order valence-electron chi connectivity index (χ1n) is 21.4. The van der Waals surface area contributed by atoms with Crippen molar-refractivity contribution < 1.29 is 47.2 Å². The molecule has 3 atom stereocenters. The maximum atomic E-state index is 12.7. The molecule has 0 aromatic heterocycles. The summed E-state index contributed by atoms with van der Waals surface area (Å²) in [4.78, 5) is 35.3. The van der Waals surface area contributed by atoms with Gasteiger partial charge in [0.25, 0.3) is 0 Å². The van der Waals surface area contributed by atoms with Crippen molar-refractivity contribution in [1.82, 2.24) is 0 Å². The number of carbonyl (C=O) groups is 2. The minimum atomic E-state index is -4.43. The number of aliphatic hydroxyl groups excluding tert-OH is 1. The van der Waals surface area contributed by atoms with Crippen molar-refractivity contribution in [3.63, 3.8) is 0 Å². The van der Waals surface area contributed by atoms with E-state index in [0.717, 1.165) is 44.9 Å². The van der Waals surface area contributed by atoms with E-state index in [0.29, 0.717) is 49.6 Å². The van der Waals surface area contributed by atoms with Crippen molar-refractivity contribution in [2.75, 3.05) is 47.5 Å². The molecule has 0 amide bonds. The summed E-state index contributed by atoms with van der Waals surface area (Å²) in [5.74, 6) is -0.991. The van der Waals surface area contributed by atoms with Gasteiger partial charge in [0.15, 0.2) is 6.10 Å². The molecular weight excluding hydrogens is 765 g/mol. The lowest BCUT2D eigenvalue weighted by atomic mass is 10.2. The molecule has 11 heteroatoms. The number of phosphoric acid groups is 1. The maximum absolute atomic E-state index is 12.7. The number of hydrogen-bond donors (Lipinski definition) is 2. The minimum Gasteiger partial charge on any atom is -0.462 e. The van der Waals surface area contributed by atoms with Crippen molar-refractivity contribution in [3.8, 4) is 0 Å². The normalized spacial score (nSPS) is 15.3. The lowest BCUT2D eigenvalue weighted by Gasteiger charge is -2.24. The maximum Gasteiger partial charge on any atom is 0.472 e. The number of quaternary nitrogens is 1. The van der Waals surface area contributed by atoms with Crippen LogP contribution in [0, 0.1) is 0 Å². The largest absolute Gasteiger partial charge is 0.472 e. The summed E-state index contributed by atoms with van der Waals surface area (Å²) >= 11 is 0. The van der Waals surface area contributed by atoms with Gasteiger partial charge in [-0.25, -0.2) is 4.57 Å². The molecule has 0 bridgehead atoms. The van der Waals surface area contributed by atoms with E-state index in [1.165, 1.54) is 0 Å². The van der Waals surface area contributed by atoms with Crippen LogP contribution in [0.25, 0.3) is 0 Å². The quantitative estimate of drug-likeness (QED) is 0.0158. The van der Waals surface area contributed by atoms with E-state index in [-0.39, 0.29) is 26.1 Å². The molecule has 0 aliphatic rings. The number of ether oxygens (including phenoxy) is 2. The Morgan fingerprint density at radius 1 is 0.610 bits per heavy atom. The van der Waals surface area contributed by atoms with Gasteiger partial charge in [0.1, 0.15) is 19.8 Å². The van der Waals surface area contributed by atoms with Gasteiger partial charge in [-0.3, -0.25) is 18.6 Å². The SMILES string of the molecule is CC/C=C\C/C=C\C/C=C\C/C=C\C/C=C\CCCC(=O)OC[C@H](COP(=O)(O)OCC[N+](C)(C)C)OC(=O)CCC/C=C\C/C=C\C=C\C(O)C/C=C\C/C=C\CC. The van der Waals surface area contributed by atoms with Crippen LogP contribution in [-0.4, -0.2) is 86.1 Å². The summed E-state index contributed by atoms with van der Waals surface area (Å²) in [6.07, 6.45) is 50.1. The second-order valence-corrected chi connectivity index (χ2v) is 16.3. The third-order valence-electron chi connectivity index (χ3n) is 8.07. The Balaban J connectivity index is 4.67. The van der Waals surface area contributed by atoms with Gasteiger partial charge in [0.2, 0.25) is 0 Å². The fourth-order valence-corrected chi connectivity index (χ4v) is 5.50. The Labute approximate surface area is 357 Å². The Morgan fingerprint density at radius 2 is 1.08 bits per heavy atom. The smallest absolute Gasteiger partial charge is 0.462 e. The number of nitrogens with zero attached hydrogens (tertiary/aromatic N) is 1. The third-order valence-corrected chi connectivity index (χ3v) is 9.05. The zero-order valence-corrected chi connectivity index (χ0v) is 37.7. The average molecular weight is 843 g/mol. The van der Waals surface area contributed by atoms with E-state index in [1.54, 1.807) is 6.08 Å². The number of hydrogen-bond acceptors (Lipinski definition) is 8. The van der Waals surface area contributed by atoms with Crippen LogP contribution in [0.4, 0.5) is 0 Å². The highest BCUT2D eigenvalue weighted by atomic mass is 31.2. The molecule has 0 saturated carbocycles. The van der Waals surface area contributed by atoms with Crippen LogP contribution >= 0.6 is 7.82 Å². The van der Waals surface area contributed by atoms with E-state index in [1.807, 2.05) is 69.8 Å². The first-order valence-corrected chi connectivity index (χ1v) is 22.9. The van der Waals surface area contributed by atoms with Gasteiger partial charge in [-0.05, 0) is 83.5 Å². The van der Waals surface area contributed by atoms with Crippen molar-refractivity contribution in [2.24, 2.45) is 0 Å². The lowest BCUT2D eigenvalue weighted by molar-refractivity contribution is -0.870. The molecule has 0 rings (SSSR count). The molecule has 0 radical (unpaired) electrons. The number of allylic oxidation sites excluding steroid dienone is 18. The lowest BCUT2D eigenvalue weighted by Crippen LogP contribution is -2.37. The molecule has 0 aliphatic heterocycles. The van der Waals surface area contributed by atoms with Crippen LogP contribution in [0.5, 0.6) is 0 Å². The highest BCUT2D eigenvalue weighted by molar-refractivity contribution is 7.47. The first kappa shape index (κ1) is 55.4. The second kappa shape index (κ2) is 38.6. The predicted octanol–water partition coefficient (Wildman–Crippen LogP) is 11.1. The minimum absolute atomic E-state index is 0.00676.